The lowest BCUT2D eigenvalue weighted by molar-refractivity contribution is 0.0972. The fraction of sp³-hybridized carbons (Fsp3) is 0.158. The predicted octanol–water partition coefficient (Wildman–Crippen LogP) is 4.10. The highest BCUT2D eigenvalue weighted by Gasteiger charge is 2.11. The van der Waals surface area contributed by atoms with Gasteiger partial charge in [-0.3, -0.25) is 9.36 Å². The minimum atomic E-state index is -0.106. The third kappa shape index (κ3) is 3.16. The van der Waals surface area contributed by atoms with Crippen LogP contribution in [-0.4, -0.2) is 22.1 Å². The second kappa shape index (κ2) is 6.48. The number of para-hydroxylation sites is 2. The van der Waals surface area contributed by atoms with Gasteiger partial charge in [-0.1, -0.05) is 24.3 Å². The number of ether oxygens (including phenoxy) is 1. The van der Waals surface area contributed by atoms with Crippen molar-refractivity contribution in [3.05, 3.63) is 66.0 Å². The molecule has 1 aromatic heterocycles. The second-order valence-corrected chi connectivity index (χ2v) is 5.16. The van der Waals surface area contributed by atoms with E-state index in [1.165, 1.54) is 0 Å². The van der Waals surface area contributed by atoms with Crippen LogP contribution in [0.4, 0.5) is 0 Å². The van der Waals surface area contributed by atoms with Crippen LogP contribution in [0, 0.1) is 6.92 Å². The Labute approximate surface area is 135 Å². The van der Waals surface area contributed by atoms with Gasteiger partial charge in [0.05, 0.1) is 17.6 Å². The van der Waals surface area contributed by atoms with Gasteiger partial charge in [-0.15, -0.1) is 0 Å². The zero-order valence-corrected chi connectivity index (χ0v) is 13.2. The van der Waals surface area contributed by atoms with Crippen molar-refractivity contribution in [3.8, 4) is 5.75 Å². The normalized spacial score (nSPS) is 11.2. The molecule has 4 nitrogen and oxygen atoms in total. The maximum atomic E-state index is 12.5. The number of imidazole rings is 1. The smallest absolute Gasteiger partial charge is 0.256 e. The minimum Gasteiger partial charge on any atom is -0.494 e. The van der Waals surface area contributed by atoms with Crippen LogP contribution in [0.25, 0.3) is 17.1 Å². The van der Waals surface area contributed by atoms with Gasteiger partial charge in [-0.25, -0.2) is 4.98 Å². The number of fused-ring (bicyclic) bond motifs is 1. The predicted molar refractivity (Wildman–Crippen MR) is 91.7 cm³/mol. The topological polar surface area (TPSA) is 44.1 Å². The van der Waals surface area contributed by atoms with E-state index >= 15 is 0 Å². The summed E-state index contributed by atoms with van der Waals surface area (Å²) in [5.74, 6) is 1.41. The van der Waals surface area contributed by atoms with Crippen LogP contribution in [-0.2, 0) is 0 Å². The summed E-state index contributed by atoms with van der Waals surface area (Å²) in [7, 11) is 0. The van der Waals surface area contributed by atoms with E-state index in [0.717, 1.165) is 22.3 Å². The average molecular weight is 306 g/mol. The highest BCUT2D eigenvalue weighted by molar-refractivity contribution is 5.99. The lowest BCUT2D eigenvalue weighted by atomic mass is 10.2. The van der Waals surface area contributed by atoms with E-state index in [4.69, 9.17) is 4.74 Å². The Balaban J connectivity index is 1.84. The standard InChI is InChI=1S/C19H18N2O2/c1-3-23-16-11-8-15(9-12-16)10-13-19(22)21-14(2)20-17-6-4-5-7-18(17)21/h4-13H,3H2,1-2H3/b13-10+. The molecule has 0 aliphatic carbocycles. The van der Waals surface area contributed by atoms with Crippen molar-refractivity contribution in [2.24, 2.45) is 0 Å². The number of hydrogen-bond acceptors (Lipinski definition) is 3. The van der Waals surface area contributed by atoms with E-state index in [9.17, 15) is 4.79 Å². The lowest BCUT2D eigenvalue weighted by Crippen LogP contribution is -2.08. The lowest BCUT2D eigenvalue weighted by Gasteiger charge is -2.03. The van der Waals surface area contributed by atoms with Gasteiger partial charge in [0.25, 0.3) is 5.91 Å². The summed E-state index contributed by atoms with van der Waals surface area (Å²) in [6.45, 7) is 4.42. The monoisotopic (exact) mass is 306 g/mol. The number of nitrogens with zero attached hydrogens (tertiary/aromatic N) is 2. The molecule has 116 valence electrons. The van der Waals surface area contributed by atoms with E-state index in [0.29, 0.717) is 12.4 Å². The van der Waals surface area contributed by atoms with Crippen LogP contribution in [0.5, 0.6) is 5.75 Å². The molecule has 0 atom stereocenters. The van der Waals surface area contributed by atoms with Crippen molar-refractivity contribution in [1.29, 1.82) is 0 Å². The minimum absolute atomic E-state index is 0.106. The van der Waals surface area contributed by atoms with Gasteiger partial charge in [0.15, 0.2) is 0 Å². The molecule has 0 bridgehead atoms. The number of benzene rings is 2. The molecule has 3 aromatic rings. The van der Waals surface area contributed by atoms with E-state index < -0.39 is 0 Å². The summed E-state index contributed by atoms with van der Waals surface area (Å²) in [5.41, 5.74) is 2.60. The molecule has 0 aliphatic rings. The fourth-order valence-corrected chi connectivity index (χ4v) is 2.51. The zero-order valence-electron chi connectivity index (χ0n) is 13.2. The number of rotatable bonds is 4. The van der Waals surface area contributed by atoms with E-state index in [-0.39, 0.29) is 5.91 Å². The second-order valence-electron chi connectivity index (χ2n) is 5.16. The van der Waals surface area contributed by atoms with Gasteiger partial charge < -0.3 is 4.74 Å². The van der Waals surface area contributed by atoms with E-state index in [1.807, 2.05) is 62.4 Å². The Hall–Kier alpha value is -2.88. The number of aryl methyl sites for hydroxylation is 1. The van der Waals surface area contributed by atoms with Crippen LogP contribution in [0.2, 0.25) is 0 Å². The third-order valence-electron chi connectivity index (χ3n) is 3.56. The molecule has 0 spiro atoms. The highest BCUT2D eigenvalue weighted by atomic mass is 16.5. The van der Waals surface area contributed by atoms with Crippen LogP contribution in [0.3, 0.4) is 0 Å². The van der Waals surface area contributed by atoms with Gasteiger partial charge in [0.1, 0.15) is 11.6 Å². The highest BCUT2D eigenvalue weighted by Crippen LogP contribution is 2.16. The number of aromatic nitrogens is 2. The third-order valence-corrected chi connectivity index (χ3v) is 3.56. The summed E-state index contributed by atoms with van der Waals surface area (Å²) in [5, 5.41) is 0. The summed E-state index contributed by atoms with van der Waals surface area (Å²) < 4.78 is 7.03. The molecule has 0 saturated carbocycles. The van der Waals surface area contributed by atoms with Crippen LogP contribution in [0.15, 0.2) is 54.6 Å². The number of carbonyl (C=O) groups is 1. The molecule has 3 rings (SSSR count). The molecule has 0 N–H and O–H groups in total. The molecule has 23 heavy (non-hydrogen) atoms. The van der Waals surface area contributed by atoms with Crippen LogP contribution >= 0.6 is 0 Å². The first-order chi connectivity index (χ1) is 11.2. The summed E-state index contributed by atoms with van der Waals surface area (Å²) >= 11 is 0. The first kappa shape index (κ1) is 15.0. The van der Waals surface area contributed by atoms with Crippen molar-refractivity contribution in [3.63, 3.8) is 0 Å². The van der Waals surface area contributed by atoms with Gasteiger partial charge in [-0.05, 0) is 49.8 Å². The summed E-state index contributed by atoms with van der Waals surface area (Å²) in [6, 6.07) is 15.3. The molecule has 0 saturated heterocycles. The summed E-state index contributed by atoms with van der Waals surface area (Å²) in [6.07, 6.45) is 3.36. The molecule has 2 aromatic carbocycles. The Morgan fingerprint density at radius 2 is 1.91 bits per heavy atom. The van der Waals surface area contributed by atoms with E-state index in [1.54, 1.807) is 16.7 Å². The molecule has 0 unspecified atom stereocenters. The maximum Gasteiger partial charge on any atom is 0.256 e. The van der Waals surface area contributed by atoms with Gasteiger partial charge in [0, 0.05) is 6.08 Å². The number of allylic oxidation sites excluding steroid dienone is 1. The molecular weight excluding hydrogens is 288 g/mol. The molecule has 4 heteroatoms. The average Bonchev–Trinajstić information content (AvgIpc) is 2.90. The zero-order chi connectivity index (χ0) is 16.2. The Morgan fingerprint density at radius 1 is 1.17 bits per heavy atom. The van der Waals surface area contributed by atoms with Crippen LogP contribution in [0.1, 0.15) is 23.1 Å². The fourth-order valence-electron chi connectivity index (χ4n) is 2.51. The van der Waals surface area contributed by atoms with Gasteiger partial charge in [-0.2, -0.15) is 0 Å². The van der Waals surface area contributed by atoms with Crippen molar-refractivity contribution in [2.75, 3.05) is 6.61 Å². The first-order valence-corrected chi connectivity index (χ1v) is 7.58. The Morgan fingerprint density at radius 3 is 2.65 bits per heavy atom. The number of hydrogen-bond donors (Lipinski definition) is 0. The Kier molecular flexibility index (Phi) is 4.24. The van der Waals surface area contributed by atoms with E-state index in [2.05, 4.69) is 4.98 Å². The maximum absolute atomic E-state index is 12.5. The molecule has 0 aliphatic heterocycles. The van der Waals surface area contributed by atoms with Crippen molar-refractivity contribution in [1.82, 2.24) is 9.55 Å². The molecule has 0 amide bonds. The molecule has 0 radical (unpaired) electrons. The SMILES string of the molecule is CCOc1ccc(/C=C/C(=O)n2c(C)nc3ccccc32)cc1. The summed E-state index contributed by atoms with van der Waals surface area (Å²) in [4.78, 5) is 16.9. The Bertz CT molecular complexity index is 861. The number of carbonyl (C=O) groups excluding carboxylic acids is 1. The van der Waals surface area contributed by atoms with Gasteiger partial charge in [0.2, 0.25) is 0 Å². The quantitative estimate of drug-likeness (QED) is 0.682. The molecular formula is C19H18N2O2. The van der Waals surface area contributed by atoms with Crippen molar-refractivity contribution >= 4 is 23.0 Å². The van der Waals surface area contributed by atoms with Crippen molar-refractivity contribution in [2.45, 2.75) is 13.8 Å². The first-order valence-electron chi connectivity index (χ1n) is 7.58. The molecule has 0 fully saturated rings. The van der Waals surface area contributed by atoms with Gasteiger partial charge >= 0.3 is 0 Å². The van der Waals surface area contributed by atoms with Crippen LogP contribution < -0.4 is 4.74 Å². The van der Waals surface area contributed by atoms with Crippen molar-refractivity contribution < 1.29 is 9.53 Å². The largest absolute Gasteiger partial charge is 0.494 e. The molecule has 1 heterocycles.